The Bertz CT molecular complexity index is 546. The van der Waals surface area contributed by atoms with E-state index in [4.69, 9.17) is 0 Å². The first-order chi connectivity index (χ1) is 9.24. The quantitative estimate of drug-likeness (QED) is 0.821. The first kappa shape index (κ1) is 13.1. The van der Waals surface area contributed by atoms with Crippen molar-refractivity contribution in [3.05, 3.63) is 84.4 Å². The summed E-state index contributed by atoms with van der Waals surface area (Å²) >= 11 is 0. The van der Waals surface area contributed by atoms with Gasteiger partial charge in [-0.05, 0) is 11.1 Å². The lowest BCUT2D eigenvalue weighted by atomic mass is 9.81. The molecule has 2 aromatic rings. The zero-order valence-electron chi connectivity index (χ0n) is 10.6. The largest absolute Gasteiger partial charge is 0.481 e. The summed E-state index contributed by atoms with van der Waals surface area (Å²) in [7, 11) is 0. The van der Waals surface area contributed by atoms with Gasteiger partial charge in [0.15, 0.2) is 0 Å². The highest BCUT2D eigenvalue weighted by molar-refractivity contribution is 5.78. The van der Waals surface area contributed by atoms with Crippen LogP contribution in [-0.4, -0.2) is 11.1 Å². The molecule has 0 aliphatic carbocycles. The Labute approximate surface area is 113 Å². The molecule has 0 spiro atoms. The summed E-state index contributed by atoms with van der Waals surface area (Å²) in [6.45, 7) is 3.80. The zero-order chi connectivity index (χ0) is 13.7. The third kappa shape index (κ3) is 2.91. The van der Waals surface area contributed by atoms with E-state index in [1.807, 2.05) is 60.7 Å². The fourth-order valence-corrected chi connectivity index (χ4v) is 2.30. The van der Waals surface area contributed by atoms with E-state index in [0.29, 0.717) is 0 Å². The molecule has 0 aliphatic heterocycles. The van der Waals surface area contributed by atoms with Crippen molar-refractivity contribution in [2.75, 3.05) is 0 Å². The molecule has 0 bridgehead atoms. The molecule has 2 nitrogen and oxygen atoms in total. The van der Waals surface area contributed by atoms with Crippen LogP contribution in [0.2, 0.25) is 0 Å². The molecule has 0 saturated carbocycles. The summed E-state index contributed by atoms with van der Waals surface area (Å²) in [5.74, 6) is -1.68. The topological polar surface area (TPSA) is 37.3 Å². The minimum atomic E-state index is -0.833. The fourth-order valence-electron chi connectivity index (χ4n) is 2.30. The first-order valence-electron chi connectivity index (χ1n) is 6.19. The second-order valence-electron chi connectivity index (χ2n) is 4.40. The van der Waals surface area contributed by atoms with Gasteiger partial charge in [-0.25, -0.2) is 0 Å². The Morgan fingerprint density at radius 2 is 1.42 bits per heavy atom. The van der Waals surface area contributed by atoms with Gasteiger partial charge in [0.25, 0.3) is 0 Å². The van der Waals surface area contributed by atoms with Gasteiger partial charge in [0, 0.05) is 5.92 Å². The maximum absolute atomic E-state index is 11.6. The van der Waals surface area contributed by atoms with Crippen LogP contribution >= 0.6 is 0 Å². The number of aliphatic carboxylic acids is 1. The Morgan fingerprint density at radius 3 is 1.84 bits per heavy atom. The predicted molar refractivity (Wildman–Crippen MR) is 76.2 cm³/mol. The number of hydrogen-bond acceptors (Lipinski definition) is 1. The molecular formula is C17H16O2. The normalized spacial score (nSPS) is 13.5. The van der Waals surface area contributed by atoms with Crippen molar-refractivity contribution in [3.8, 4) is 0 Å². The fraction of sp³-hybridized carbons (Fsp3) is 0.118. The number of rotatable bonds is 5. The zero-order valence-corrected chi connectivity index (χ0v) is 10.6. The van der Waals surface area contributed by atoms with Crippen molar-refractivity contribution in [3.63, 3.8) is 0 Å². The molecule has 0 amide bonds. The van der Waals surface area contributed by atoms with E-state index in [1.54, 1.807) is 6.08 Å². The molecule has 2 atom stereocenters. The first-order valence-corrected chi connectivity index (χ1v) is 6.19. The van der Waals surface area contributed by atoms with Crippen molar-refractivity contribution in [2.24, 2.45) is 0 Å². The highest BCUT2D eigenvalue weighted by atomic mass is 16.4. The van der Waals surface area contributed by atoms with E-state index in [2.05, 4.69) is 6.58 Å². The van der Waals surface area contributed by atoms with Crippen LogP contribution < -0.4 is 0 Å². The van der Waals surface area contributed by atoms with Crippen LogP contribution in [-0.2, 0) is 4.79 Å². The molecule has 0 aliphatic rings. The van der Waals surface area contributed by atoms with E-state index in [9.17, 15) is 9.90 Å². The van der Waals surface area contributed by atoms with Gasteiger partial charge >= 0.3 is 5.97 Å². The predicted octanol–water partition coefficient (Wildman–Crippen LogP) is 3.82. The van der Waals surface area contributed by atoms with Gasteiger partial charge in [0.1, 0.15) is 0 Å². The summed E-state index contributed by atoms with van der Waals surface area (Å²) in [5, 5.41) is 9.54. The van der Waals surface area contributed by atoms with Crippen LogP contribution in [0.15, 0.2) is 73.3 Å². The van der Waals surface area contributed by atoms with Crippen molar-refractivity contribution in [1.82, 2.24) is 0 Å². The summed E-state index contributed by atoms with van der Waals surface area (Å²) in [6.07, 6.45) is 1.71. The van der Waals surface area contributed by atoms with E-state index in [1.165, 1.54) is 0 Å². The number of carboxylic acids is 1. The Morgan fingerprint density at radius 1 is 0.947 bits per heavy atom. The van der Waals surface area contributed by atoms with Gasteiger partial charge in [0.2, 0.25) is 0 Å². The summed E-state index contributed by atoms with van der Waals surface area (Å²) < 4.78 is 0. The van der Waals surface area contributed by atoms with Gasteiger partial charge in [0.05, 0.1) is 5.92 Å². The van der Waals surface area contributed by atoms with Gasteiger partial charge in [-0.1, -0.05) is 66.7 Å². The summed E-state index contributed by atoms with van der Waals surface area (Å²) in [4.78, 5) is 11.6. The molecule has 2 heteroatoms. The molecule has 0 saturated heterocycles. The molecule has 2 rings (SSSR count). The van der Waals surface area contributed by atoms with Crippen molar-refractivity contribution < 1.29 is 9.90 Å². The molecule has 96 valence electrons. The monoisotopic (exact) mass is 252 g/mol. The lowest BCUT2D eigenvalue weighted by Gasteiger charge is -2.21. The second-order valence-corrected chi connectivity index (χ2v) is 4.40. The van der Waals surface area contributed by atoms with E-state index >= 15 is 0 Å². The number of allylic oxidation sites excluding steroid dienone is 1. The standard InChI is InChI=1S/C17H16O2/c1-2-15(13-9-5-3-6-10-13)16(17(18)19)14-11-7-4-8-12-14/h2-12,15-16H,1H2,(H,18,19)/t15-,16+/m0/s1. The molecule has 2 aromatic carbocycles. The van der Waals surface area contributed by atoms with Gasteiger partial charge in [-0.15, -0.1) is 6.58 Å². The average molecular weight is 252 g/mol. The Kier molecular flexibility index (Phi) is 4.14. The van der Waals surface area contributed by atoms with Crippen molar-refractivity contribution >= 4 is 5.97 Å². The van der Waals surface area contributed by atoms with Crippen molar-refractivity contribution in [2.45, 2.75) is 11.8 Å². The van der Waals surface area contributed by atoms with E-state index < -0.39 is 11.9 Å². The lowest BCUT2D eigenvalue weighted by molar-refractivity contribution is -0.139. The highest BCUT2D eigenvalue weighted by Gasteiger charge is 2.28. The van der Waals surface area contributed by atoms with Crippen LogP contribution in [0.1, 0.15) is 23.0 Å². The smallest absolute Gasteiger partial charge is 0.311 e. The van der Waals surface area contributed by atoms with Crippen LogP contribution in [0, 0.1) is 0 Å². The highest BCUT2D eigenvalue weighted by Crippen LogP contribution is 2.34. The Hall–Kier alpha value is -2.35. The minimum absolute atomic E-state index is 0.235. The third-order valence-corrected chi connectivity index (χ3v) is 3.22. The molecule has 0 unspecified atom stereocenters. The average Bonchev–Trinajstić information content (AvgIpc) is 2.46. The maximum atomic E-state index is 11.6. The van der Waals surface area contributed by atoms with Crippen LogP contribution in [0.5, 0.6) is 0 Å². The molecule has 0 radical (unpaired) electrons. The summed E-state index contributed by atoms with van der Waals surface area (Å²) in [5.41, 5.74) is 1.76. The van der Waals surface area contributed by atoms with Gasteiger partial charge in [-0.3, -0.25) is 4.79 Å². The lowest BCUT2D eigenvalue weighted by Crippen LogP contribution is -2.18. The molecule has 19 heavy (non-hydrogen) atoms. The maximum Gasteiger partial charge on any atom is 0.311 e. The van der Waals surface area contributed by atoms with Crippen molar-refractivity contribution in [1.29, 1.82) is 0 Å². The summed E-state index contributed by atoms with van der Waals surface area (Å²) in [6, 6.07) is 18.9. The number of carboxylic acid groups (broad SMARTS) is 1. The molecule has 0 fully saturated rings. The van der Waals surface area contributed by atoms with Crippen LogP contribution in [0.4, 0.5) is 0 Å². The minimum Gasteiger partial charge on any atom is -0.481 e. The third-order valence-electron chi connectivity index (χ3n) is 3.22. The second kappa shape index (κ2) is 6.01. The number of carbonyl (C=O) groups is 1. The number of benzene rings is 2. The molecule has 0 heterocycles. The SMILES string of the molecule is C=C[C@@H](c1ccccc1)[C@H](C(=O)O)c1ccccc1. The van der Waals surface area contributed by atoms with E-state index in [0.717, 1.165) is 11.1 Å². The van der Waals surface area contributed by atoms with Crippen LogP contribution in [0.3, 0.4) is 0 Å². The molecule has 0 aromatic heterocycles. The Balaban J connectivity index is 2.43. The van der Waals surface area contributed by atoms with E-state index in [-0.39, 0.29) is 5.92 Å². The van der Waals surface area contributed by atoms with Gasteiger partial charge in [-0.2, -0.15) is 0 Å². The molecular weight excluding hydrogens is 236 g/mol. The molecule has 1 N–H and O–H groups in total. The van der Waals surface area contributed by atoms with Crippen LogP contribution in [0.25, 0.3) is 0 Å². The van der Waals surface area contributed by atoms with Gasteiger partial charge < -0.3 is 5.11 Å². The number of hydrogen-bond donors (Lipinski definition) is 1.